The van der Waals surface area contributed by atoms with Gasteiger partial charge in [-0.25, -0.2) is 0 Å². The molecule has 4 rings (SSSR count). The van der Waals surface area contributed by atoms with Crippen molar-refractivity contribution in [2.24, 2.45) is 0 Å². The molecule has 0 fully saturated rings. The van der Waals surface area contributed by atoms with Gasteiger partial charge >= 0.3 is 0 Å². The zero-order chi connectivity index (χ0) is 24.2. The van der Waals surface area contributed by atoms with Crippen molar-refractivity contribution >= 4 is 21.5 Å². The van der Waals surface area contributed by atoms with E-state index in [9.17, 15) is 0 Å². The molecule has 0 saturated carbocycles. The van der Waals surface area contributed by atoms with E-state index in [1.807, 2.05) is 0 Å². The van der Waals surface area contributed by atoms with E-state index in [4.69, 9.17) is 18.9 Å². The van der Waals surface area contributed by atoms with Crippen molar-refractivity contribution in [1.82, 2.24) is 0 Å². The third-order valence-electron chi connectivity index (χ3n) is 6.72. The van der Waals surface area contributed by atoms with Crippen LogP contribution in [0, 0.1) is 0 Å². The fraction of sp³-hybridized carbons (Fsp3) is 0.333. The van der Waals surface area contributed by atoms with Gasteiger partial charge in [0.05, 0.1) is 26.4 Å². The highest BCUT2D eigenvalue weighted by atomic mass is 16.5. The molecule has 0 amide bonds. The zero-order valence-corrected chi connectivity index (χ0v) is 21.0. The Hall–Kier alpha value is -3.08. The normalized spacial score (nSPS) is 13.2. The van der Waals surface area contributed by atoms with Gasteiger partial charge in [0.2, 0.25) is 0 Å². The van der Waals surface area contributed by atoms with E-state index in [1.54, 1.807) is 28.4 Å². The van der Waals surface area contributed by atoms with E-state index in [0.29, 0.717) is 0 Å². The first kappa shape index (κ1) is 24.1. The van der Waals surface area contributed by atoms with Gasteiger partial charge in [-0.2, -0.15) is 0 Å². The van der Waals surface area contributed by atoms with Crippen molar-refractivity contribution in [3.05, 3.63) is 71.8 Å². The van der Waals surface area contributed by atoms with Crippen LogP contribution in [0.1, 0.15) is 50.0 Å². The highest BCUT2D eigenvalue weighted by Crippen LogP contribution is 2.51. The lowest BCUT2D eigenvalue weighted by atomic mass is 9.86. The first-order valence-corrected chi connectivity index (χ1v) is 11.9. The lowest BCUT2D eigenvalue weighted by Crippen LogP contribution is -2.07. The number of hydrogen-bond donors (Lipinski definition) is 0. The van der Waals surface area contributed by atoms with E-state index >= 15 is 0 Å². The van der Waals surface area contributed by atoms with Crippen LogP contribution in [-0.4, -0.2) is 28.4 Å². The molecule has 0 spiro atoms. The molecule has 0 aliphatic rings. The predicted octanol–water partition coefficient (Wildman–Crippen LogP) is 7.87. The second-order valence-electron chi connectivity index (χ2n) is 8.46. The summed E-state index contributed by atoms with van der Waals surface area (Å²) in [7, 11) is 6.98. The van der Waals surface area contributed by atoms with Crippen LogP contribution in [0.25, 0.3) is 32.7 Å². The van der Waals surface area contributed by atoms with Gasteiger partial charge in [0, 0.05) is 36.5 Å². The average molecular weight is 459 g/mol. The molecule has 34 heavy (non-hydrogen) atoms. The van der Waals surface area contributed by atoms with Gasteiger partial charge in [0.15, 0.2) is 0 Å². The third-order valence-corrected chi connectivity index (χ3v) is 6.72. The Morgan fingerprint density at radius 3 is 1.29 bits per heavy atom. The summed E-state index contributed by atoms with van der Waals surface area (Å²) >= 11 is 0. The van der Waals surface area contributed by atoms with Gasteiger partial charge in [-0.3, -0.25) is 0 Å². The molecule has 4 nitrogen and oxygen atoms in total. The molecule has 178 valence electrons. The number of hydrogen-bond acceptors (Lipinski definition) is 4. The molecule has 4 aromatic rings. The van der Waals surface area contributed by atoms with E-state index < -0.39 is 0 Å². The minimum atomic E-state index is -0.0823. The molecule has 0 aliphatic heterocycles. The Labute approximate surface area is 202 Å². The van der Waals surface area contributed by atoms with Crippen LogP contribution in [0.3, 0.4) is 0 Å². The summed E-state index contributed by atoms with van der Waals surface area (Å²) in [6.45, 7) is 4.26. The largest absolute Gasteiger partial charge is 0.496 e. The number of fused-ring (bicyclic) bond motifs is 2. The first-order chi connectivity index (χ1) is 16.6. The van der Waals surface area contributed by atoms with E-state index in [0.717, 1.165) is 68.1 Å². The molecule has 0 unspecified atom stereocenters. The van der Waals surface area contributed by atoms with Crippen LogP contribution in [0.2, 0.25) is 0 Å². The third kappa shape index (κ3) is 4.02. The van der Waals surface area contributed by atoms with Crippen molar-refractivity contribution in [3.63, 3.8) is 0 Å². The fourth-order valence-electron chi connectivity index (χ4n) is 5.14. The molecular weight excluding hydrogens is 424 g/mol. The van der Waals surface area contributed by atoms with Crippen LogP contribution in [0.4, 0.5) is 0 Å². The molecule has 0 aromatic heterocycles. The monoisotopic (exact) mass is 458 g/mol. The molecule has 2 atom stereocenters. The Bertz CT molecular complexity index is 1180. The molecule has 0 N–H and O–H groups in total. The van der Waals surface area contributed by atoms with E-state index in [2.05, 4.69) is 74.5 Å². The van der Waals surface area contributed by atoms with Crippen LogP contribution in [0.5, 0.6) is 11.5 Å². The van der Waals surface area contributed by atoms with Gasteiger partial charge in [-0.1, -0.05) is 62.4 Å². The molecule has 0 aliphatic carbocycles. The number of rotatable bonds is 9. The maximum Gasteiger partial charge on any atom is 0.133 e. The van der Waals surface area contributed by atoms with Crippen LogP contribution < -0.4 is 9.47 Å². The summed E-state index contributed by atoms with van der Waals surface area (Å²) in [5.74, 6) is 1.64. The smallest absolute Gasteiger partial charge is 0.133 e. The molecule has 0 heterocycles. The van der Waals surface area contributed by atoms with Crippen molar-refractivity contribution in [2.45, 2.75) is 38.9 Å². The second-order valence-corrected chi connectivity index (χ2v) is 8.46. The van der Waals surface area contributed by atoms with Crippen molar-refractivity contribution < 1.29 is 18.9 Å². The summed E-state index contributed by atoms with van der Waals surface area (Å²) in [6, 6.07) is 21.3. The predicted molar refractivity (Wildman–Crippen MR) is 140 cm³/mol. The number of benzene rings is 4. The number of methoxy groups -OCH3 is 4. The number of ether oxygens (including phenoxy) is 4. The first-order valence-electron chi connectivity index (χ1n) is 11.9. The standard InChI is InChI=1S/C30H34O4/c1-7-25(31-3)23-17-19-13-9-11-15-21(19)27(29(23)33-5)28-22-16-12-10-14-20(22)18-24(30(28)34-6)26(8-2)32-4/h9-18,25-26H,7-8H2,1-6H3/t25-,26-/m1/s1. The Morgan fingerprint density at radius 1 is 0.588 bits per heavy atom. The quantitative estimate of drug-likeness (QED) is 0.256. The maximum atomic E-state index is 6.16. The average Bonchev–Trinajstić information content (AvgIpc) is 2.88. The summed E-state index contributed by atoms with van der Waals surface area (Å²) in [5.41, 5.74) is 4.12. The minimum absolute atomic E-state index is 0.0823. The lowest BCUT2D eigenvalue weighted by molar-refractivity contribution is 0.0975. The minimum Gasteiger partial charge on any atom is -0.496 e. The van der Waals surface area contributed by atoms with Gasteiger partial charge in [-0.05, 0) is 46.5 Å². The zero-order valence-electron chi connectivity index (χ0n) is 21.0. The summed E-state index contributed by atoms with van der Waals surface area (Å²) in [5, 5.41) is 4.50. The Morgan fingerprint density at radius 2 is 0.971 bits per heavy atom. The van der Waals surface area contributed by atoms with Crippen molar-refractivity contribution in [3.8, 4) is 22.6 Å². The van der Waals surface area contributed by atoms with Crippen LogP contribution in [0.15, 0.2) is 60.7 Å². The second kappa shape index (κ2) is 10.5. The Kier molecular flexibility index (Phi) is 7.40. The Balaban J connectivity index is 2.24. The van der Waals surface area contributed by atoms with Gasteiger partial charge in [0.1, 0.15) is 11.5 Å². The van der Waals surface area contributed by atoms with Gasteiger partial charge in [0.25, 0.3) is 0 Å². The molecule has 0 radical (unpaired) electrons. The maximum absolute atomic E-state index is 6.16. The fourth-order valence-corrected chi connectivity index (χ4v) is 5.14. The van der Waals surface area contributed by atoms with Gasteiger partial charge < -0.3 is 18.9 Å². The topological polar surface area (TPSA) is 36.9 Å². The summed E-state index contributed by atoms with van der Waals surface area (Å²) in [6.07, 6.45) is 1.51. The van der Waals surface area contributed by atoms with Crippen molar-refractivity contribution in [1.29, 1.82) is 0 Å². The summed E-state index contributed by atoms with van der Waals surface area (Å²) in [4.78, 5) is 0. The van der Waals surface area contributed by atoms with Crippen LogP contribution in [-0.2, 0) is 9.47 Å². The molecule has 4 aromatic carbocycles. The SMILES string of the molecule is CC[C@@H](OC)c1cc2ccccc2c(-c2c(OC)c([C@@H](CC)OC)cc3ccccc23)c1OC. The lowest BCUT2D eigenvalue weighted by Gasteiger charge is -2.26. The summed E-state index contributed by atoms with van der Waals surface area (Å²) < 4.78 is 24.1. The molecular formula is C30H34O4. The molecule has 4 heteroatoms. The van der Waals surface area contributed by atoms with Crippen molar-refractivity contribution in [2.75, 3.05) is 28.4 Å². The van der Waals surface area contributed by atoms with E-state index in [1.165, 1.54) is 0 Å². The van der Waals surface area contributed by atoms with E-state index in [-0.39, 0.29) is 12.2 Å². The van der Waals surface area contributed by atoms with Gasteiger partial charge in [-0.15, -0.1) is 0 Å². The van der Waals surface area contributed by atoms with Crippen LogP contribution >= 0.6 is 0 Å². The highest BCUT2D eigenvalue weighted by molar-refractivity contribution is 6.11. The molecule has 0 bridgehead atoms. The highest BCUT2D eigenvalue weighted by Gasteiger charge is 2.27. The molecule has 0 saturated heterocycles.